The van der Waals surface area contributed by atoms with Gasteiger partial charge in [0.05, 0.1) is 18.8 Å². The average molecular weight is 267 g/mol. The van der Waals surface area contributed by atoms with Crippen molar-refractivity contribution in [1.82, 2.24) is 0 Å². The van der Waals surface area contributed by atoms with Gasteiger partial charge in [0.15, 0.2) is 0 Å². The highest BCUT2D eigenvalue weighted by molar-refractivity contribution is 5.56. The number of anilines is 1. The summed E-state index contributed by atoms with van der Waals surface area (Å²) in [6.45, 7) is 2.44. The summed E-state index contributed by atoms with van der Waals surface area (Å²) in [5.41, 5.74) is 1.05. The van der Waals surface area contributed by atoms with Gasteiger partial charge in [0, 0.05) is 17.8 Å². The molecule has 1 aromatic carbocycles. The third-order valence-electron chi connectivity index (χ3n) is 3.84. The number of benzene rings is 1. The number of aliphatic hydroxyl groups excluding tert-OH is 2. The van der Waals surface area contributed by atoms with Crippen molar-refractivity contribution in [2.75, 3.05) is 18.1 Å². The summed E-state index contributed by atoms with van der Waals surface area (Å²) >= 11 is 0. The van der Waals surface area contributed by atoms with Gasteiger partial charge in [0.2, 0.25) is 0 Å². The molecule has 1 aliphatic rings. The minimum atomic E-state index is -0.848. The second-order valence-electron chi connectivity index (χ2n) is 5.23. The largest absolute Gasteiger partial charge is 0.394 e. The minimum absolute atomic E-state index is 0.0156. The Balaban J connectivity index is 2.40. The van der Waals surface area contributed by atoms with E-state index in [1.807, 2.05) is 6.07 Å². The fourth-order valence-electron chi connectivity index (χ4n) is 2.87. The zero-order valence-corrected chi connectivity index (χ0v) is 11.3. The van der Waals surface area contributed by atoms with E-state index in [1.165, 1.54) is 6.07 Å². The molecule has 0 radical (unpaired) electrons. The Bertz CT molecular complexity index is 423. The summed E-state index contributed by atoms with van der Waals surface area (Å²) in [5, 5.41) is 19.4. The zero-order valence-electron chi connectivity index (χ0n) is 11.3. The van der Waals surface area contributed by atoms with Crippen LogP contribution in [0, 0.1) is 5.82 Å². The van der Waals surface area contributed by atoms with Crippen LogP contribution < -0.4 is 4.90 Å². The second-order valence-corrected chi connectivity index (χ2v) is 5.23. The third-order valence-corrected chi connectivity index (χ3v) is 3.84. The van der Waals surface area contributed by atoms with Gasteiger partial charge in [-0.15, -0.1) is 0 Å². The molecular weight excluding hydrogens is 245 g/mol. The molecule has 2 atom stereocenters. The molecule has 1 heterocycles. The lowest BCUT2D eigenvalue weighted by Gasteiger charge is -2.33. The molecule has 2 unspecified atom stereocenters. The normalized spacial score (nSPS) is 22.1. The Morgan fingerprint density at radius 3 is 2.84 bits per heavy atom. The summed E-state index contributed by atoms with van der Waals surface area (Å²) in [5.74, 6) is -0.381. The standard InChI is InChI=1S/C15H22FNO2/c1-11(19)15-13(16)7-5-8-14(15)17-9-4-2-3-6-12(17)10-18/h5,7-8,11-12,18-19H,2-4,6,9-10H2,1H3. The van der Waals surface area contributed by atoms with E-state index in [1.54, 1.807) is 13.0 Å². The topological polar surface area (TPSA) is 43.7 Å². The summed E-state index contributed by atoms with van der Waals surface area (Å²) in [7, 11) is 0. The summed E-state index contributed by atoms with van der Waals surface area (Å²) in [6, 6.07) is 4.88. The number of nitrogens with zero attached hydrogens (tertiary/aromatic N) is 1. The van der Waals surface area contributed by atoms with Gasteiger partial charge in [-0.2, -0.15) is 0 Å². The number of hydrogen-bond donors (Lipinski definition) is 2. The Morgan fingerprint density at radius 1 is 1.37 bits per heavy atom. The van der Waals surface area contributed by atoms with Crippen LogP contribution in [0.3, 0.4) is 0 Å². The second kappa shape index (κ2) is 6.35. The molecule has 1 saturated heterocycles. The van der Waals surface area contributed by atoms with Crippen LogP contribution in [-0.4, -0.2) is 29.4 Å². The van der Waals surface area contributed by atoms with Gasteiger partial charge in [0.1, 0.15) is 5.82 Å². The monoisotopic (exact) mass is 267 g/mol. The van der Waals surface area contributed by atoms with Crippen molar-refractivity contribution >= 4 is 5.69 Å². The van der Waals surface area contributed by atoms with Crippen molar-refractivity contribution in [2.45, 2.75) is 44.8 Å². The first-order chi connectivity index (χ1) is 9.15. The highest BCUT2D eigenvalue weighted by Gasteiger charge is 2.25. The van der Waals surface area contributed by atoms with Crippen molar-refractivity contribution in [3.63, 3.8) is 0 Å². The van der Waals surface area contributed by atoms with Gasteiger partial charge in [-0.3, -0.25) is 0 Å². The predicted octanol–water partition coefficient (Wildman–Crippen LogP) is 2.62. The first kappa shape index (κ1) is 14.3. The fourth-order valence-corrected chi connectivity index (χ4v) is 2.87. The molecule has 0 amide bonds. The van der Waals surface area contributed by atoms with Gasteiger partial charge in [0.25, 0.3) is 0 Å². The lowest BCUT2D eigenvalue weighted by Crippen LogP contribution is -2.38. The van der Waals surface area contributed by atoms with Crippen LogP contribution in [0.1, 0.15) is 44.3 Å². The Kier molecular flexibility index (Phi) is 4.77. The Labute approximate surface area is 113 Å². The smallest absolute Gasteiger partial charge is 0.131 e. The molecule has 0 spiro atoms. The van der Waals surface area contributed by atoms with E-state index in [2.05, 4.69) is 4.90 Å². The number of halogens is 1. The molecule has 0 aromatic heterocycles. The molecule has 3 nitrogen and oxygen atoms in total. The number of aliphatic hydroxyl groups is 2. The molecule has 0 saturated carbocycles. The average Bonchev–Trinajstić information content (AvgIpc) is 2.62. The van der Waals surface area contributed by atoms with Crippen LogP contribution in [0.5, 0.6) is 0 Å². The highest BCUT2D eigenvalue weighted by atomic mass is 19.1. The van der Waals surface area contributed by atoms with E-state index in [0.717, 1.165) is 37.9 Å². The van der Waals surface area contributed by atoms with Crippen molar-refractivity contribution in [2.24, 2.45) is 0 Å². The molecule has 2 N–H and O–H groups in total. The van der Waals surface area contributed by atoms with E-state index >= 15 is 0 Å². The Morgan fingerprint density at radius 2 is 2.16 bits per heavy atom. The van der Waals surface area contributed by atoms with E-state index in [9.17, 15) is 14.6 Å². The van der Waals surface area contributed by atoms with Crippen molar-refractivity contribution in [3.05, 3.63) is 29.6 Å². The van der Waals surface area contributed by atoms with Crippen LogP contribution >= 0.6 is 0 Å². The molecule has 1 aromatic rings. The zero-order chi connectivity index (χ0) is 13.8. The van der Waals surface area contributed by atoms with Gasteiger partial charge in [-0.1, -0.05) is 18.9 Å². The molecule has 0 aliphatic carbocycles. The molecule has 19 heavy (non-hydrogen) atoms. The SMILES string of the molecule is CC(O)c1c(F)cccc1N1CCCCCC1CO. The lowest BCUT2D eigenvalue weighted by atomic mass is 10.0. The van der Waals surface area contributed by atoms with Gasteiger partial charge >= 0.3 is 0 Å². The summed E-state index contributed by atoms with van der Waals surface area (Å²) in [6.07, 6.45) is 3.31. The maximum atomic E-state index is 13.9. The molecule has 2 rings (SSSR count). The number of rotatable bonds is 3. The Hall–Kier alpha value is -1.13. The van der Waals surface area contributed by atoms with Crippen molar-refractivity contribution < 1.29 is 14.6 Å². The van der Waals surface area contributed by atoms with Crippen LogP contribution in [-0.2, 0) is 0 Å². The lowest BCUT2D eigenvalue weighted by molar-refractivity contribution is 0.193. The maximum Gasteiger partial charge on any atom is 0.131 e. The summed E-state index contributed by atoms with van der Waals surface area (Å²) < 4.78 is 13.9. The van der Waals surface area contributed by atoms with E-state index in [4.69, 9.17) is 0 Å². The molecule has 1 fully saturated rings. The molecular formula is C15H22FNO2. The minimum Gasteiger partial charge on any atom is -0.394 e. The molecule has 0 bridgehead atoms. The molecule has 1 aliphatic heterocycles. The van der Waals surface area contributed by atoms with E-state index in [-0.39, 0.29) is 18.5 Å². The van der Waals surface area contributed by atoms with E-state index < -0.39 is 6.10 Å². The van der Waals surface area contributed by atoms with Crippen molar-refractivity contribution in [1.29, 1.82) is 0 Å². The number of hydrogen-bond acceptors (Lipinski definition) is 3. The first-order valence-corrected chi connectivity index (χ1v) is 6.99. The van der Waals surface area contributed by atoms with Gasteiger partial charge in [-0.05, 0) is 31.9 Å². The van der Waals surface area contributed by atoms with Gasteiger partial charge < -0.3 is 15.1 Å². The predicted molar refractivity (Wildman–Crippen MR) is 73.7 cm³/mol. The van der Waals surface area contributed by atoms with E-state index in [0.29, 0.717) is 5.56 Å². The fraction of sp³-hybridized carbons (Fsp3) is 0.600. The van der Waals surface area contributed by atoms with Gasteiger partial charge in [-0.25, -0.2) is 4.39 Å². The van der Waals surface area contributed by atoms with Crippen LogP contribution in [0.4, 0.5) is 10.1 Å². The maximum absolute atomic E-state index is 13.9. The highest BCUT2D eigenvalue weighted by Crippen LogP contribution is 2.32. The molecule has 4 heteroatoms. The van der Waals surface area contributed by atoms with Crippen LogP contribution in [0.15, 0.2) is 18.2 Å². The van der Waals surface area contributed by atoms with Crippen LogP contribution in [0.25, 0.3) is 0 Å². The first-order valence-electron chi connectivity index (χ1n) is 6.99. The third kappa shape index (κ3) is 3.07. The van der Waals surface area contributed by atoms with Crippen molar-refractivity contribution in [3.8, 4) is 0 Å². The molecule has 106 valence electrons. The quantitative estimate of drug-likeness (QED) is 0.884. The summed E-state index contributed by atoms with van der Waals surface area (Å²) in [4.78, 5) is 2.05. The van der Waals surface area contributed by atoms with Crippen LogP contribution in [0.2, 0.25) is 0 Å².